The van der Waals surface area contributed by atoms with Crippen molar-refractivity contribution in [3.05, 3.63) is 18.2 Å². The number of urea groups is 1. The lowest BCUT2D eigenvalue weighted by atomic mass is 10.2. The quantitative estimate of drug-likeness (QED) is 0.811. The number of ether oxygens (including phenoxy) is 3. The number of benzene rings is 1. The summed E-state index contributed by atoms with van der Waals surface area (Å²) >= 11 is 0. The molecule has 7 heteroatoms. The van der Waals surface area contributed by atoms with E-state index in [0.29, 0.717) is 30.4 Å². The molecular weight excluding hydrogens is 264 g/mol. The molecule has 0 aromatic heterocycles. The van der Waals surface area contributed by atoms with Crippen LogP contribution in [0.25, 0.3) is 0 Å². The molecule has 0 spiro atoms. The summed E-state index contributed by atoms with van der Waals surface area (Å²) < 4.78 is 15.3. The number of hydrogen-bond acceptors (Lipinski definition) is 5. The number of fused-ring (bicyclic) bond motifs is 1. The first kappa shape index (κ1) is 14.0. The molecule has 0 saturated heterocycles. The number of carbonyl (C=O) groups excluding carboxylic acids is 2. The van der Waals surface area contributed by atoms with Crippen LogP contribution in [-0.2, 0) is 9.53 Å². The molecule has 1 heterocycles. The van der Waals surface area contributed by atoms with Gasteiger partial charge in [-0.1, -0.05) is 0 Å². The highest BCUT2D eigenvalue weighted by atomic mass is 16.6. The van der Waals surface area contributed by atoms with E-state index in [2.05, 4.69) is 15.4 Å². The summed E-state index contributed by atoms with van der Waals surface area (Å²) in [5.74, 6) is 0.711. The Labute approximate surface area is 116 Å². The van der Waals surface area contributed by atoms with Crippen molar-refractivity contribution in [2.75, 3.05) is 25.6 Å². The van der Waals surface area contributed by atoms with Crippen molar-refractivity contribution < 1.29 is 23.8 Å². The zero-order valence-electron chi connectivity index (χ0n) is 11.3. The first-order valence-electron chi connectivity index (χ1n) is 6.15. The summed E-state index contributed by atoms with van der Waals surface area (Å²) in [5, 5.41) is 5.07. The highest BCUT2D eigenvalue weighted by Crippen LogP contribution is 2.32. The van der Waals surface area contributed by atoms with Gasteiger partial charge in [0.1, 0.15) is 19.3 Å². The molecule has 1 aromatic rings. The monoisotopic (exact) mass is 280 g/mol. The summed E-state index contributed by atoms with van der Waals surface area (Å²) in [7, 11) is 1.26. The molecular formula is C13H16N2O5. The van der Waals surface area contributed by atoms with Gasteiger partial charge in [0.15, 0.2) is 11.5 Å². The third kappa shape index (κ3) is 3.31. The minimum Gasteiger partial charge on any atom is -0.486 e. The lowest BCUT2D eigenvalue weighted by molar-refractivity contribution is -0.142. The molecule has 20 heavy (non-hydrogen) atoms. The fourth-order valence-electron chi connectivity index (χ4n) is 1.72. The summed E-state index contributed by atoms with van der Waals surface area (Å²) in [4.78, 5) is 22.9. The summed E-state index contributed by atoms with van der Waals surface area (Å²) in [6.45, 7) is 2.52. The van der Waals surface area contributed by atoms with Gasteiger partial charge in [-0.2, -0.15) is 0 Å². The number of methoxy groups -OCH3 is 1. The van der Waals surface area contributed by atoms with Gasteiger partial charge in [0.25, 0.3) is 0 Å². The summed E-state index contributed by atoms with van der Waals surface area (Å²) in [5.41, 5.74) is 0.545. The minimum atomic E-state index is -0.725. The van der Waals surface area contributed by atoms with E-state index in [1.807, 2.05) is 0 Å². The van der Waals surface area contributed by atoms with E-state index in [1.54, 1.807) is 18.2 Å². The molecule has 2 rings (SSSR count). The van der Waals surface area contributed by atoms with E-state index in [4.69, 9.17) is 9.47 Å². The number of anilines is 1. The topological polar surface area (TPSA) is 85.9 Å². The Bertz CT molecular complexity index is 517. The Morgan fingerprint density at radius 3 is 2.65 bits per heavy atom. The Kier molecular flexibility index (Phi) is 4.29. The Hall–Kier alpha value is -2.44. The van der Waals surface area contributed by atoms with Crippen molar-refractivity contribution in [3.8, 4) is 11.5 Å². The first-order chi connectivity index (χ1) is 9.60. The largest absolute Gasteiger partial charge is 0.486 e. The maximum absolute atomic E-state index is 11.7. The van der Waals surface area contributed by atoms with E-state index < -0.39 is 18.0 Å². The smallest absolute Gasteiger partial charge is 0.328 e. The minimum absolute atomic E-state index is 0.474. The predicted octanol–water partition coefficient (Wildman–Crippen LogP) is 1.14. The number of hydrogen-bond donors (Lipinski definition) is 2. The van der Waals surface area contributed by atoms with Gasteiger partial charge in [0, 0.05) is 11.8 Å². The van der Waals surface area contributed by atoms with Gasteiger partial charge < -0.3 is 24.8 Å². The van der Waals surface area contributed by atoms with Crippen LogP contribution >= 0.6 is 0 Å². The number of nitrogens with one attached hydrogen (secondary N) is 2. The Balaban J connectivity index is 1.96. The van der Waals surface area contributed by atoms with E-state index >= 15 is 0 Å². The zero-order chi connectivity index (χ0) is 14.5. The van der Waals surface area contributed by atoms with E-state index in [0.717, 1.165) is 0 Å². The zero-order valence-corrected chi connectivity index (χ0v) is 11.3. The molecule has 1 aliphatic heterocycles. The average molecular weight is 280 g/mol. The highest BCUT2D eigenvalue weighted by Gasteiger charge is 2.17. The molecule has 2 amide bonds. The Morgan fingerprint density at radius 1 is 1.25 bits per heavy atom. The van der Waals surface area contributed by atoms with Crippen LogP contribution in [0.2, 0.25) is 0 Å². The molecule has 0 fully saturated rings. The van der Waals surface area contributed by atoms with Crippen LogP contribution < -0.4 is 20.1 Å². The number of amides is 2. The van der Waals surface area contributed by atoms with Crippen molar-refractivity contribution in [3.63, 3.8) is 0 Å². The van der Waals surface area contributed by atoms with Gasteiger partial charge in [-0.3, -0.25) is 0 Å². The highest BCUT2D eigenvalue weighted by molar-refractivity contribution is 5.92. The van der Waals surface area contributed by atoms with Gasteiger partial charge in [0.05, 0.1) is 7.11 Å². The van der Waals surface area contributed by atoms with E-state index in [-0.39, 0.29) is 0 Å². The Morgan fingerprint density at radius 2 is 1.95 bits per heavy atom. The summed E-state index contributed by atoms with van der Waals surface area (Å²) in [6.07, 6.45) is 0. The molecule has 7 nitrogen and oxygen atoms in total. The molecule has 0 saturated carbocycles. The third-order valence-electron chi connectivity index (χ3n) is 2.70. The molecule has 2 N–H and O–H groups in total. The lowest BCUT2D eigenvalue weighted by Crippen LogP contribution is -2.41. The molecule has 0 aliphatic carbocycles. The van der Waals surface area contributed by atoms with Crippen LogP contribution in [0.3, 0.4) is 0 Å². The SMILES string of the molecule is COC(=O)[C@H](C)NC(=O)Nc1ccc2c(c1)OCCO2. The molecule has 108 valence electrons. The van der Waals surface area contributed by atoms with Crippen molar-refractivity contribution in [2.45, 2.75) is 13.0 Å². The van der Waals surface area contributed by atoms with Crippen molar-refractivity contribution in [1.29, 1.82) is 0 Å². The van der Waals surface area contributed by atoms with Crippen LogP contribution in [0, 0.1) is 0 Å². The number of rotatable bonds is 3. The molecule has 1 aromatic carbocycles. The second-order valence-corrected chi connectivity index (χ2v) is 4.20. The lowest BCUT2D eigenvalue weighted by Gasteiger charge is -2.19. The number of esters is 1. The fraction of sp³-hybridized carbons (Fsp3) is 0.385. The van der Waals surface area contributed by atoms with E-state index in [1.165, 1.54) is 14.0 Å². The maximum atomic E-state index is 11.7. The van der Waals surface area contributed by atoms with Crippen LogP contribution in [0.4, 0.5) is 10.5 Å². The van der Waals surface area contributed by atoms with Gasteiger partial charge in [-0.05, 0) is 19.1 Å². The second-order valence-electron chi connectivity index (χ2n) is 4.20. The van der Waals surface area contributed by atoms with E-state index in [9.17, 15) is 9.59 Å². The van der Waals surface area contributed by atoms with Crippen molar-refractivity contribution >= 4 is 17.7 Å². The predicted molar refractivity (Wildman–Crippen MR) is 71.1 cm³/mol. The van der Waals surface area contributed by atoms with Gasteiger partial charge >= 0.3 is 12.0 Å². The molecule has 1 aliphatic rings. The van der Waals surface area contributed by atoms with Crippen molar-refractivity contribution in [1.82, 2.24) is 5.32 Å². The summed E-state index contributed by atoms with van der Waals surface area (Å²) in [6, 6.07) is 3.84. The van der Waals surface area contributed by atoms with Gasteiger partial charge in [0.2, 0.25) is 0 Å². The van der Waals surface area contributed by atoms with Gasteiger partial charge in [-0.15, -0.1) is 0 Å². The second kappa shape index (κ2) is 6.14. The first-order valence-corrected chi connectivity index (χ1v) is 6.15. The molecule has 1 atom stereocenters. The van der Waals surface area contributed by atoms with Gasteiger partial charge in [-0.25, -0.2) is 9.59 Å². The normalized spacial score (nSPS) is 14.1. The standard InChI is InChI=1S/C13H16N2O5/c1-8(12(16)18-2)14-13(17)15-9-3-4-10-11(7-9)20-6-5-19-10/h3-4,7-8H,5-6H2,1-2H3,(H2,14,15,17)/t8-/m0/s1. The van der Waals surface area contributed by atoms with Crippen LogP contribution in [0.1, 0.15) is 6.92 Å². The van der Waals surface area contributed by atoms with Crippen molar-refractivity contribution in [2.24, 2.45) is 0 Å². The number of carbonyl (C=O) groups is 2. The molecule has 0 radical (unpaired) electrons. The third-order valence-corrected chi connectivity index (χ3v) is 2.70. The molecule has 0 unspecified atom stereocenters. The van der Waals surface area contributed by atoms with Crippen LogP contribution in [-0.4, -0.2) is 38.4 Å². The molecule has 0 bridgehead atoms. The fourth-order valence-corrected chi connectivity index (χ4v) is 1.72. The average Bonchev–Trinajstić information content (AvgIpc) is 2.46. The van der Waals surface area contributed by atoms with Crippen LogP contribution in [0.5, 0.6) is 11.5 Å². The van der Waals surface area contributed by atoms with Crippen LogP contribution in [0.15, 0.2) is 18.2 Å². The maximum Gasteiger partial charge on any atom is 0.328 e.